The first-order chi connectivity index (χ1) is 20.7. The molecule has 0 unspecified atom stereocenters. The number of rotatable bonds is 10. The second kappa shape index (κ2) is 15.0. The molecule has 2 aromatic carbocycles. The maximum absolute atomic E-state index is 12.5. The topological polar surface area (TPSA) is 149 Å². The van der Waals surface area contributed by atoms with E-state index in [2.05, 4.69) is 0 Å². The van der Waals surface area contributed by atoms with E-state index < -0.39 is 66.1 Å². The molecule has 1 fully saturated rings. The van der Waals surface area contributed by atoms with Crippen LogP contribution in [0.4, 0.5) is 0 Å². The summed E-state index contributed by atoms with van der Waals surface area (Å²) in [5.74, 6) is -5.71. The number of hydrogen-bond donors (Lipinski definition) is 0. The molecule has 0 bridgehead atoms. The van der Waals surface area contributed by atoms with Gasteiger partial charge in [0, 0.05) is 45.2 Å². The van der Waals surface area contributed by atoms with E-state index in [9.17, 15) is 28.8 Å². The Labute approximate surface area is 260 Å². The lowest BCUT2D eigenvalue weighted by molar-refractivity contribution is -0.222. The Morgan fingerprint density at radius 1 is 0.636 bits per heavy atom. The standard InChI is InChI=1S/C32H35ClO11/c1-16(34)23-9-7-22(8-10-23)13-25-14-24(11-12-27(25)33)28-29(41-18(3)36)26(15-40-17(2)35)30(42-19(4)37)32(44-21(6)39)31(28)43-20(5)38/h7-12,14,26,28-32H,13,15H2,1-6H3/t26-,28+,29-,30+,31-,32-/m0/s1. The Morgan fingerprint density at radius 3 is 1.68 bits per heavy atom. The van der Waals surface area contributed by atoms with Crippen LogP contribution >= 0.6 is 11.6 Å². The van der Waals surface area contributed by atoms with Crippen molar-refractivity contribution in [3.63, 3.8) is 0 Å². The average molecular weight is 631 g/mol. The Balaban J connectivity index is 2.22. The van der Waals surface area contributed by atoms with Gasteiger partial charge in [-0.2, -0.15) is 0 Å². The van der Waals surface area contributed by atoms with E-state index >= 15 is 0 Å². The van der Waals surface area contributed by atoms with Crippen molar-refractivity contribution in [1.29, 1.82) is 0 Å². The number of hydrogen-bond acceptors (Lipinski definition) is 11. The van der Waals surface area contributed by atoms with Crippen LogP contribution in [0.5, 0.6) is 0 Å². The highest BCUT2D eigenvalue weighted by atomic mass is 35.5. The van der Waals surface area contributed by atoms with Crippen LogP contribution in [0.1, 0.15) is 74.5 Å². The number of ketones is 1. The van der Waals surface area contributed by atoms with E-state index in [4.69, 9.17) is 35.3 Å². The van der Waals surface area contributed by atoms with Crippen molar-refractivity contribution in [3.05, 3.63) is 69.7 Å². The van der Waals surface area contributed by atoms with E-state index in [-0.39, 0.29) is 12.4 Å². The van der Waals surface area contributed by atoms with Crippen LogP contribution in [0.3, 0.4) is 0 Å². The molecule has 12 heteroatoms. The van der Waals surface area contributed by atoms with E-state index in [1.807, 2.05) is 0 Å². The predicted octanol–water partition coefficient (Wildman–Crippen LogP) is 4.14. The molecule has 0 heterocycles. The van der Waals surface area contributed by atoms with Crippen LogP contribution in [0.25, 0.3) is 0 Å². The van der Waals surface area contributed by atoms with Gasteiger partial charge >= 0.3 is 29.8 Å². The van der Waals surface area contributed by atoms with Crippen LogP contribution in [-0.2, 0) is 54.1 Å². The van der Waals surface area contributed by atoms with Gasteiger partial charge in [-0.05, 0) is 36.1 Å². The minimum absolute atomic E-state index is 0.0698. The van der Waals surface area contributed by atoms with Crippen molar-refractivity contribution < 1.29 is 52.5 Å². The Bertz CT molecular complexity index is 1420. The molecular weight excluding hydrogens is 596 g/mol. The summed E-state index contributed by atoms with van der Waals surface area (Å²) in [7, 11) is 0. The number of Topliss-reactive ketones (excluding diaryl/α,β-unsaturated/α-hetero) is 1. The quantitative estimate of drug-likeness (QED) is 0.212. The fourth-order valence-corrected chi connectivity index (χ4v) is 5.61. The minimum Gasteiger partial charge on any atom is -0.465 e. The van der Waals surface area contributed by atoms with Gasteiger partial charge in [0.15, 0.2) is 24.1 Å². The monoisotopic (exact) mass is 630 g/mol. The first-order valence-electron chi connectivity index (χ1n) is 13.9. The third kappa shape index (κ3) is 8.89. The van der Waals surface area contributed by atoms with Gasteiger partial charge in [0.2, 0.25) is 0 Å². The van der Waals surface area contributed by atoms with Gasteiger partial charge in [-0.1, -0.05) is 48.0 Å². The molecular formula is C32H35ClO11. The summed E-state index contributed by atoms with van der Waals surface area (Å²) in [5, 5.41) is 0.416. The summed E-state index contributed by atoms with van der Waals surface area (Å²) >= 11 is 6.59. The molecule has 236 valence electrons. The molecule has 0 aromatic heterocycles. The normalized spacial score (nSPS) is 22.7. The lowest BCUT2D eigenvalue weighted by Crippen LogP contribution is -2.62. The molecule has 44 heavy (non-hydrogen) atoms. The van der Waals surface area contributed by atoms with E-state index in [1.54, 1.807) is 42.5 Å². The highest BCUT2D eigenvalue weighted by Crippen LogP contribution is 2.44. The predicted molar refractivity (Wildman–Crippen MR) is 156 cm³/mol. The van der Waals surface area contributed by atoms with Crippen LogP contribution in [0, 0.1) is 5.92 Å². The lowest BCUT2D eigenvalue weighted by atomic mass is 9.70. The minimum atomic E-state index is -1.36. The molecule has 1 aliphatic rings. The number of esters is 5. The third-order valence-corrected chi connectivity index (χ3v) is 7.47. The van der Waals surface area contributed by atoms with Gasteiger partial charge in [-0.25, -0.2) is 0 Å². The van der Waals surface area contributed by atoms with Crippen molar-refractivity contribution in [1.82, 2.24) is 0 Å². The zero-order valence-electron chi connectivity index (χ0n) is 25.3. The first kappa shape index (κ1) is 34.2. The van der Waals surface area contributed by atoms with Gasteiger partial charge < -0.3 is 23.7 Å². The zero-order chi connectivity index (χ0) is 32.7. The smallest absolute Gasteiger partial charge is 0.303 e. The molecule has 11 nitrogen and oxygen atoms in total. The number of benzene rings is 2. The van der Waals surface area contributed by atoms with Crippen molar-refractivity contribution in [3.8, 4) is 0 Å². The fraction of sp³-hybridized carbons (Fsp3) is 0.438. The first-order valence-corrected chi connectivity index (χ1v) is 14.3. The summed E-state index contributed by atoms with van der Waals surface area (Å²) in [5.41, 5.74) is 2.56. The largest absolute Gasteiger partial charge is 0.465 e. The zero-order valence-corrected chi connectivity index (χ0v) is 26.0. The summed E-state index contributed by atoms with van der Waals surface area (Å²) in [6.45, 7) is 6.89. The average Bonchev–Trinajstić information content (AvgIpc) is 2.91. The summed E-state index contributed by atoms with van der Waals surface area (Å²) in [6, 6.07) is 12.1. The Morgan fingerprint density at radius 2 is 1.16 bits per heavy atom. The molecule has 0 N–H and O–H groups in total. The molecule has 0 saturated heterocycles. The van der Waals surface area contributed by atoms with Crippen LogP contribution in [0.2, 0.25) is 5.02 Å². The molecule has 1 aliphatic carbocycles. The van der Waals surface area contributed by atoms with E-state index in [0.29, 0.717) is 28.1 Å². The van der Waals surface area contributed by atoms with Crippen molar-refractivity contribution in [2.24, 2.45) is 5.92 Å². The molecule has 6 atom stereocenters. The van der Waals surface area contributed by atoms with Gasteiger partial charge in [0.05, 0.1) is 11.8 Å². The molecule has 0 spiro atoms. The van der Waals surface area contributed by atoms with E-state index in [0.717, 1.165) is 26.3 Å². The summed E-state index contributed by atoms with van der Waals surface area (Å²) in [6.07, 6.45) is -4.82. The SMILES string of the molecule is CC(=O)OC[C@@H]1[C@@H](OC(C)=O)[C@H](OC(C)=O)[C@@H](OC(C)=O)[C@H](c2ccc(Cl)c(Cc3ccc(C(C)=O)cc3)c2)[C@H]1OC(C)=O. The van der Waals surface area contributed by atoms with Crippen molar-refractivity contribution in [2.75, 3.05) is 6.61 Å². The molecule has 0 radical (unpaired) electrons. The number of ether oxygens (including phenoxy) is 5. The second-order valence-electron chi connectivity index (χ2n) is 10.6. The Hall–Kier alpha value is -4.25. The second-order valence-corrected chi connectivity index (χ2v) is 11.0. The number of carbonyl (C=O) groups excluding carboxylic acids is 6. The number of halogens is 1. The number of carbonyl (C=O) groups is 6. The highest BCUT2D eigenvalue weighted by molar-refractivity contribution is 6.31. The van der Waals surface area contributed by atoms with Gasteiger partial charge in [0.1, 0.15) is 12.7 Å². The summed E-state index contributed by atoms with van der Waals surface area (Å²) in [4.78, 5) is 73.0. The van der Waals surface area contributed by atoms with Crippen molar-refractivity contribution in [2.45, 2.75) is 78.3 Å². The molecule has 3 rings (SSSR count). The van der Waals surface area contributed by atoms with Gasteiger partial charge in [-0.15, -0.1) is 0 Å². The molecule has 0 amide bonds. The Kier molecular flexibility index (Phi) is 11.6. The fourth-order valence-electron chi connectivity index (χ4n) is 5.43. The van der Waals surface area contributed by atoms with E-state index in [1.165, 1.54) is 20.8 Å². The lowest BCUT2D eigenvalue weighted by Gasteiger charge is -2.48. The summed E-state index contributed by atoms with van der Waals surface area (Å²) < 4.78 is 28.0. The van der Waals surface area contributed by atoms with Gasteiger partial charge in [0.25, 0.3) is 0 Å². The highest BCUT2D eigenvalue weighted by Gasteiger charge is 2.58. The molecule has 1 saturated carbocycles. The maximum atomic E-state index is 12.5. The molecule has 0 aliphatic heterocycles. The third-order valence-electron chi connectivity index (χ3n) is 7.10. The maximum Gasteiger partial charge on any atom is 0.303 e. The van der Waals surface area contributed by atoms with Crippen LogP contribution in [-0.4, -0.2) is 66.7 Å². The van der Waals surface area contributed by atoms with Crippen LogP contribution < -0.4 is 0 Å². The van der Waals surface area contributed by atoms with Crippen molar-refractivity contribution >= 4 is 47.2 Å². The van der Waals surface area contributed by atoms with Gasteiger partial charge in [-0.3, -0.25) is 28.8 Å². The van der Waals surface area contributed by atoms with Crippen LogP contribution in [0.15, 0.2) is 42.5 Å². The molecule has 2 aromatic rings.